The first-order chi connectivity index (χ1) is 7.38. The molecule has 1 N–H and O–H groups in total. The van der Waals surface area contributed by atoms with Crippen molar-refractivity contribution in [1.82, 2.24) is 15.0 Å². The number of aromatic nitrogens is 3. The van der Waals surface area contributed by atoms with E-state index in [1.807, 2.05) is 0 Å². The normalized spacial score (nSPS) is 9.67. The molecule has 2 aromatic rings. The standard InChI is InChI=1S/C10H10N4O/c1-11-9-6-13-7-10(14-9)15-8-3-2-4-12-5-8/h2-7H,1H3,(H,11,14). The summed E-state index contributed by atoms with van der Waals surface area (Å²) in [4.78, 5) is 12.1. The SMILES string of the molecule is CNc1cncc(Oc2cccnc2)n1. The molecule has 0 aromatic carbocycles. The Bertz CT molecular complexity index is 432. The minimum Gasteiger partial charge on any atom is -0.436 e. The topological polar surface area (TPSA) is 59.9 Å². The lowest BCUT2D eigenvalue weighted by atomic mass is 10.5. The van der Waals surface area contributed by atoms with E-state index in [9.17, 15) is 0 Å². The van der Waals surface area contributed by atoms with E-state index < -0.39 is 0 Å². The molecule has 0 aliphatic heterocycles. The van der Waals surface area contributed by atoms with Gasteiger partial charge >= 0.3 is 0 Å². The van der Waals surface area contributed by atoms with Crippen molar-refractivity contribution in [2.75, 3.05) is 12.4 Å². The maximum absolute atomic E-state index is 5.44. The molecule has 0 bridgehead atoms. The minimum absolute atomic E-state index is 0.440. The molecule has 0 fully saturated rings. The summed E-state index contributed by atoms with van der Waals surface area (Å²) in [6.45, 7) is 0. The van der Waals surface area contributed by atoms with Gasteiger partial charge in [-0.25, -0.2) is 0 Å². The molecule has 2 heterocycles. The highest BCUT2D eigenvalue weighted by atomic mass is 16.5. The zero-order valence-corrected chi connectivity index (χ0v) is 8.21. The van der Waals surface area contributed by atoms with Gasteiger partial charge in [-0.3, -0.25) is 9.97 Å². The number of rotatable bonds is 3. The maximum atomic E-state index is 5.44. The largest absolute Gasteiger partial charge is 0.436 e. The molecule has 0 saturated heterocycles. The molecular weight excluding hydrogens is 192 g/mol. The molecule has 0 atom stereocenters. The van der Waals surface area contributed by atoms with Crippen molar-refractivity contribution in [3.05, 3.63) is 36.9 Å². The molecule has 0 saturated carbocycles. The lowest BCUT2D eigenvalue weighted by Gasteiger charge is -2.04. The van der Waals surface area contributed by atoms with Crippen molar-refractivity contribution in [2.24, 2.45) is 0 Å². The first-order valence-corrected chi connectivity index (χ1v) is 4.46. The molecule has 2 rings (SSSR count). The van der Waals surface area contributed by atoms with Crippen LogP contribution in [-0.4, -0.2) is 22.0 Å². The predicted octanol–water partition coefficient (Wildman–Crippen LogP) is 1.71. The fourth-order valence-electron chi connectivity index (χ4n) is 1.05. The Kier molecular flexibility index (Phi) is 2.73. The molecule has 0 unspecified atom stereocenters. The first kappa shape index (κ1) is 9.39. The minimum atomic E-state index is 0.440. The van der Waals surface area contributed by atoms with Crippen LogP contribution in [-0.2, 0) is 0 Å². The van der Waals surface area contributed by atoms with Gasteiger partial charge in [0.25, 0.3) is 0 Å². The fourth-order valence-corrected chi connectivity index (χ4v) is 1.05. The summed E-state index contributed by atoms with van der Waals surface area (Å²) >= 11 is 0. The van der Waals surface area contributed by atoms with Gasteiger partial charge in [0, 0.05) is 13.2 Å². The van der Waals surface area contributed by atoms with E-state index in [-0.39, 0.29) is 0 Å². The van der Waals surface area contributed by atoms with Crippen molar-refractivity contribution in [2.45, 2.75) is 0 Å². The van der Waals surface area contributed by atoms with Crippen LogP contribution in [0.4, 0.5) is 5.82 Å². The zero-order valence-electron chi connectivity index (χ0n) is 8.21. The number of nitrogens with zero attached hydrogens (tertiary/aromatic N) is 3. The summed E-state index contributed by atoms with van der Waals surface area (Å²) in [5.74, 6) is 1.74. The molecule has 0 aliphatic rings. The van der Waals surface area contributed by atoms with Crippen molar-refractivity contribution in [1.29, 1.82) is 0 Å². The Morgan fingerprint density at radius 3 is 2.87 bits per heavy atom. The van der Waals surface area contributed by atoms with Crippen molar-refractivity contribution in [3.63, 3.8) is 0 Å². The van der Waals surface area contributed by atoms with E-state index in [0.29, 0.717) is 17.4 Å². The van der Waals surface area contributed by atoms with E-state index in [0.717, 1.165) is 0 Å². The van der Waals surface area contributed by atoms with Gasteiger partial charge < -0.3 is 10.1 Å². The number of ether oxygens (including phenoxy) is 1. The van der Waals surface area contributed by atoms with Gasteiger partial charge in [-0.2, -0.15) is 4.98 Å². The second-order valence-electron chi connectivity index (χ2n) is 2.78. The van der Waals surface area contributed by atoms with E-state index in [2.05, 4.69) is 20.3 Å². The van der Waals surface area contributed by atoms with Gasteiger partial charge in [-0.1, -0.05) is 0 Å². The second kappa shape index (κ2) is 4.36. The monoisotopic (exact) mass is 202 g/mol. The smallest absolute Gasteiger partial charge is 0.239 e. The third-order valence-corrected chi connectivity index (χ3v) is 1.73. The van der Waals surface area contributed by atoms with Crippen molar-refractivity contribution >= 4 is 5.82 Å². The number of pyridine rings is 1. The van der Waals surface area contributed by atoms with Crippen LogP contribution in [0.5, 0.6) is 11.6 Å². The quantitative estimate of drug-likeness (QED) is 0.820. The molecule has 15 heavy (non-hydrogen) atoms. The van der Waals surface area contributed by atoms with Crippen LogP contribution in [0.25, 0.3) is 0 Å². The number of hydrogen-bond donors (Lipinski definition) is 1. The van der Waals surface area contributed by atoms with Crippen LogP contribution in [0.1, 0.15) is 0 Å². The van der Waals surface area contributed by atoms with Crippen LogP contribution in [0.2, 0.25) is 0 Å². The molecule has 0 amide bonds. The van der Waals surface area contributed by atoms with E-state index in [1.165, 1.54) is 0 Å². The highest BCUT2D eigenvalue weighted by Crippen LogP contribution is 2.17. The van der Waals surface area contributed by atoms with Crippen molar-refractivity contribution in [3.8, 4) is 11.6 Å². The van der Waals surface area contributed by atoms with Crippen LogP contribution >= 0.6 is 0 Å². The lowest BCUT2D eigenvalue weighted by Crippen LogP contribution is -1.95. The third-order valence-electron chi connectivity index (χ3n) is 1.73. The van der Waals surface area contributed by atoms with Gasteiger partial charge in [0.1, 0.15) is 11.6 Å². The number of hydrogen-bond acceptors (Lipinski definition) is 5. The fraction of sp³-hybridized carbons (Fsp3) is 0.100. The number of nitrogens with one attached hydrogen (secondary N) is 1. The molecule has 0 radical (unpaired) electrons. The highest BCUT2D eigenvalue weighted by molar-refractivity contribution is 5.33. The predicted molar refractivity (Wildman–Crippen MR) is 55.9 cm³/mol. The summed E-state index contributed by atoms with van der Waals surface area (Å²) in [5, 5.41) is 2.88. The molecule has 76 valence electrons. The lowest BCUT2D eigenvalue weighted by molar-refractivity contribution is 0.459. The van der Waals surface area contributed by atoms with Gasteiger partial charge in [-0.05, 0) is 12.1 Å². The van der Waals surface area contributed by atoms with Gasteiger partial charge in [-0.15, -0.1) is 0 Å². The number of anilines is 1. The van der Waals surface area contributed by atoms with Gasteiger partial charge in [0.15, 0.2) is 0 Å². The van der Waals surface area contributed by atoms with Gasteiger partial charge in [0.2, 0.25) is 5.88 Å². The third kappa shape index (κ3) is 2.40. The van der Waals surface area contributed by atoms with Crippen LogP contribution in [0, 0.1) is 0 Å². The molecule has 5 nitrogen and oxygen atoms in total. The average Bonchev–Trinajstić information content (AvgIpc) is 2.31. The molecule has 0 aliphatic carbocycles. The summed E-state index contributed by atoms with van der Waals surface area (Å²) in [6, 6.07) is 3.60. The zero-order chi connectivity index (χ0) is 10.5. The summed E-state index contributed by atoms with van der Waals surface area (Å²) < 4.78 is 5.44. The van der Waals surface area contributed by atoms with E-state index in [4.69, 9.17) is 4.74 Å². The van der Waals surface area contributed by atoms with Crippen molar-refractivity contribution < 1.29 is 4.74 Å². The van der Waals surface area contributed by atoms with Crippen LogP contribution in [0.15, 0.2) is 36.9 Å². The van der Waals surface area contributed by atoms with E-state index >= 15 is 0 Å². The van der Waals surface area contributed by atoms with E-state index in [1.54, 1.807) is 44.0 Å². The Balaban J connectivity index is 2.17. The molecule has 5 heteroatoms. The van der Waals surface area contributed by atoms with Crippen LogP contribution in [0.3, 0.4) is 0 Å². The molecule has 2 aromatic heterocycles. The van der Waals surface area contributed by atoms with Crippen LogP contribution < -0.4 is 10.1 Å². The maximum Gasteiger partial charge on any atom is 0.239 e. The highest BCUT2D eigenvalue weighted by Gasteiger charge is 1.99. The Hall–Kier alpha value is -2.17. The Morgan fingerprint density at radius 1 is 1.20 bits per heavy atom. The second-order valence-corrected chi connectivity index (χ2v) is 2.78. The Morgan fingerprint density at radius 2 is 2.13 bits per heavy atom. The van der Waals surface area contributed by atoms with Gasteiger partial charge in [0.05, 0.1) is 18.6 Å². The summed E-state index contributed by atoms with van der Waals surface area (Å²) in [6.07, 6.45) is 6.47. The molecule has 0 spiro atoms. The summed E-state index contributed by atoms with van der Waals surface area (Å²) in [7, 11) is 1.78. The average molecular weight is 202 g/mol. The Labute approximate surface area is 87.2 Å². The first-order valence-electron chi connectivity index (χ1n) is 4.46. The molecular formula is C10H10N4O. The summed E-state index contributed by atoms with van der Waals surface area (Å²) in [5.41, 5.74) is 0.